The zero-order valence-corrected chi connectivity index (χ0v) is 15.6. The second-order valence-corrected chi connectivity index (χ2v) is 8.51. The van der Waals surface area contributed by atoms with E-state index >= 15 is 0 Å². The monoisotopic (exact) mass is 395 g/mol. The number of carbonyl (C=O) groups is 3. The molecule has 9 nitrogen and oxygen atoms in total. The predicted molar refractivity (Wildman–Crippen MR) is 95.2 cm³/mol. The number of hydrogen-bond acceptors (Lipinski definition) is 5. The van der Waals surface area contributed by atoms with E-state index in [0.29, 0.717) is 18.7 Å². The molecule has 2 aliphatic rings. The minimum atomic E-state index is -3.91. The summed E-state index contributed by atoms with van der Waals surface area (Å²) in [7, 11) is -3.91. The first kappa shape index (κ1) is 19.3. The Bertz CT molecular complexity index is 900. The molecular formula is C17H21N3O6S. The summed E-state index contributed by atoms with van der Waals surface area (Å²) in [5, 5.41) is 14.3. The SMILES string of the molecule is CC1C(C(=O)O)CCN1C(=O)C1CC(=O)N(c2cccc(S(N)(=O)=O)c2)C1. The summed E-state index contributed by atoms with van der Waals surface area (Å²) in [6.45, 7) is 2.17. The maximum Gasteiger partial charge on any atom is 0.308 e. The van der Waals surface area contributed by atoms with Gasteiger partial charge in [0.15, 0.2) is 0 Å². The van der Waals surface area contributed by atoms with E-state index in [1.807, 2.05) is 0 Å². The van der Waals surface area contributed by atoms with Crippen LogP contribution < -0.4 is 10.0 Å². The van der Waals surface area contributed by atoms with Gasteiger partial charge >= 0.3 is 5.97 Å². The summed E-state index contributed by atoms with van der Waals surface area (Å²) in [4.78, 5) is 39.2. The Kier molecular flexibility index (Phi) is 4.96. The maximum absolute atomic E-state index is 12.8. The molecule has 3 atom stereocenters. The molecule has 2 heterocycles. The third kappa shape index (κ3) is 3.67. The highest BCUT2D eigenvalue weighted by atomic mass is 32.2. The Morgan fingerprint density at radius 3 is 2.59 bits per heavy atom. The van der Waals surface area contributed by atoms with Gasteiger partial charge in [-0.15, -0.1) is 0 Å². The number of hydrogen-bond donors (Lipinski definition) is 2. The van der Waals surface area contributed by atoms with Crippen LogP contribution in [0.2, 0.25) is 0 Å². The predicted octanol–water partition coefficient (Wildman–Crippen LogP) is 0.00850. The van der Waals surface area contributed by atoms with Crippen molar-refractivity contribution in [1.82, 2.24) is 4.90 Å². The third-order valence-corrected chi connectivity index (χ3v) is 6.20. The Labute approximate surface area is 156 Å². The average molecular weight is 395 g/mol. The molecule has 2 saturated heterocycles. The minimum absolute atomic E-state index is 0.000601. The van der Waals surface area contributed by atoms with E-state index < -0.39 is 33.9 Å². The van der Waals surface area contributed by atoms with Gasteiger partial charge in [-0.05, 0) is 31.5 Å². The zero-order chi connectivity index (χ0) is 19.9. The lowest BCUT2D eigenvalue weighted by molar-refractivity contribution is -0.143. The van der Waals surface area contributed by atoms with Gasteiger partial charge in [0.1, 0.15) is 0 Å². The smallest absolute Gasteiger partial charge is 0.308 e. The number of rotatable bonds is 4. The van der Waals surface area contributed by atoms with Crippen molar-refractivity contribution in [2.24, 2.45) is 17.0 Å². The topological polar surface area (TPSA) is 138 Å². The van der Waals surface area contributed by atoms with E-state index in [1.54, 1.807) is 13.0 Å². The number of carbonyl (C=O) groups excluding carboxylic acids is 2. The number of nitrogens with zero attached hydrogens (tertiary/aromatic N) is 2. The lowest BCUT2D eigenvalue weighted by atomic mass is 10.0. The molecule has 0 radical (unpaired) electrons. The third-order valence-electron chi connectivity index (χ3n) is 5.29. The first-order valence-electron chi connectivity index (χ1n) is 8.56. The molecule has 0 aliphatic carbocycles. The van der Waals surface area contributed by atoms with E-state index in [0.717, 1.165) is 0 Å². The molecule has 10 heteroatoms. The Morgan fingerprint density at radius 1 is 1.30 bits per heavy atom. The number of anilines is 1. The van der Waals surface area contributed by atoms with Crippen LogP contribution in [0.4, 0.5) is 5.69 Å². The highest BCUT2D eigenvalue weighted by Gasteiger charge is 2.43. The Morgan fingerprint density at radius 2 is 2.00 bits per heavy atom. The van der Waals surface area contributed by atoms with Crippen molar-refractivity contribution in [3.05, 3.63) is 24.3 Å². The molecule has 0 spiro atoms. The van der Waals surface area contributed by atoms with Crippen molar-refractivity contribution in [3.63, 3.8) is 0 Å². The quantitative estimate of drug-likeness (QED) is 0.736. The Balaban J connectivity index is 1.76. The van der Waals surface area contributed by atoms with E-state index in [1.165, 1.54) is 28.0 Å². The summed E-state index contributed by atoms with van der Waals surface area (Å²) in [6, 6.07) is 5.28. The number of carboxylic acids is 1. The van der Waals surface area contributed by atoms with E-state index in [2.05, 4.69) is 0 Å². The first-order chi connectivity index (χ1) is 12.6. The standard InChI is InChI=1S/C17H21N3O6S/c1-10-14(17(23)24)5-6-19(10)16(22)11-7-15(21)20(9-11)12-3-2-4-13(8-12)27(18,25)26/h2-4,8,10-11,14H,5-7,9H2,1H3,(H,23,24)(H2,18,25,26). The molecule has 2 aliphatic heterocycles. The van der Waals surface area contributed by atoms with Crippen LogP contribution >= 0.6 is 0 Å². The number of aliphatic carboxylic acids is 1. The summed E-state index contributed by atoms with van der Waals surface area (Å²) in [5.41, 5.74) is 0.361. The molecule has 3 rings (SSSR count). The van der Waals surface area contributed by atoms with E-state index in [-0.39, 0.29) is 29.7 Å². The van der Waals surface area contributed by atoms with Gasteiger partial charge in [-0.25, -0.2) is 13.6 Å². The molecule has 146 valence electrons. The molecule has 1 aromatic rings. The van der Waals surface area contributed by atoms with Crippen molar-refractivity contribution in [1.29, 1.82) is 0 Å². The second kappa shape index (κ2) is 6.93. The zero-order valence-electron chi connectivity index (χ0n) is 14.7. The van der Waals surface area contributed by atoms with Crippen LogP contribution in [0.3, 0.4) is 0 Å². The number of primary sulfonamides is 1. The molecule has 0 bridgehead atoms. The van der Waals surface area contributed by atoms with Crippen molar-refractivity contribution in [2.45, 2.75) is 30.7 Å². The fourth-order valence-corrected chi connectivity index (χ4v) is 4.32. The van der Waals surface area contributed by atoms with Gasteiger partial charge in [0.25, 0.3) is 0 Å². The molecule has 1 aromatic carbocycles. The van der Waals surface area contributed by atoms with Crippen molar-refractivity contribution < 1.29 is 27.9 Å². The van der Waals surface area contributed by atoms with Gasteiger partial charge in [-0.2, -0.15) is 0 Å². The second-order valence-electron chi connectivity index (χ2n) is 6.95. The Hall–Kier alpha value is -2.46. The van der Waals surface area contributed by atoms with Gasteiger partial charge < -0.3 is 14.9 Å². The van der Waals surface area contributed by atoms with Crippen LogP contribution in [-0.2, 0) is 24.4 Å². The normalized spacial score (nSPS) is 25.9. The number of amides is 2. The van der Waals surface area contributed by atoms with E-state index in [9.17, 15) is 27.9 Å². The van der Waals surface area contributed by atoms with Gasteiger partial charge in [-0.1, -0.05) is 6.07 Å². The van der Waals surface area contributed by atoms with Gasteiger partial charge in [0, 0.05) is 31.2 Å². The van der Waals surface area contributed by atoms with Crippen LogP contribution in [0, 0.1) is 11.8 Å². The molecule has 3 N–H and O–H groups in total. The highest BCUT2D eigenvalue weighted by Crippen LogP contribution is 2.31. The lowest BCUT2D eigenvalue weighted by Crippen LogP contribution is -2.41. The molecule has 0 saturated carbocycles. The average Bonchev–Trinajstić information content (AvgIpc) is 3.17. The van der Waals surface area contributed by atoms with Crippen LogP contribution in [0.1, 0.15) is 19.8 Å². The van der Waals surface area contributed by atoms with Crippen LogP contribution in [0.5, 0.6) is 0 Å². The number of benzene rings is 1. The van der Waals surface area contributed by atoms with Crippen molar-refractivity contribution in [2.75, 3.05) is 18.0 Å². The summed E-state index contributed by atoms with van der Waals surface area (Å²) in [6.07, 6.45) is 0.391. The maximum atomic E-state index is 12.8. The minimum Gasteiger partial charge on any atom is -0.481 e. The van der Waals surface area contributed by atoms with Crippen LogP contribution in [0.15, 0.2) is 29.2 Å². The number of likely N-dealkylation sites (tertiary alicyclic amines) is 1. The molecule has 27 heavy (non-hydrogen) atoms. The van der Waals surface area contributed by atoms with E-state index in [4.69, 9.17) is 5.14 Å². The largest absolute Gasteiger partial charge is 0.481 e. The fourth-order valence-electron chi connectivity index (χ4n) is 3.77. The highest BCUT2D eigenvalue weighted by molar-refractivity contribution is 7.89. The molecular weight excluding hydrogens is 374 g/mol. The molecule has 0 aromatic heterocycles. The fraction of sp³-hybridized carbons (Fsp3) is 0.471. The van der Waals surface area contributed by atoms with Crippen LogP contribution in [0.25, 0.3) is 0 Å². The van der Waals surface area contributed by atoms with Crippen molar-refractivity contribution >= 4 is 33.5 Å². The molecule has 3 unspecified atom stereocenters. The van der Waals surface area contributed by atoms with Gasteiger partial charge in [0.2, 0.25) is 21.8 Å². The van der Waals surface area contributed by atoms with Gasteiger partial charge in [-0.3, -0.25) is 14.4 Å². The number of nitrogens with two attached hydrogens (primary N) is 1. The van der Waals surface area contributed by atoms with Gasteiger partial charge in [0.05, 0.1) is 16.7 Å². The molecule has 2 fully saturated rings. The summed E-state index contributed by atoms with van der Waals surface area (Å²) >= 11 is 0. The van der Waals surface area contributed by atoms with Crippen molar-refractivity contribution in [3.8, 4) is 0 Å². The number of sulfonamides is 1. The number of carboxylic acid groups (broad SMARTS) is 1. The summed E-state index contributed by atoms with van der Waals surface area (Å²) < 4.78 is 23.0. The van der Waals surface area contributed by atoms with Crippen LogP contribution in [-0.4, -0.2) is 55.3 Å². The molecule has 2 amide bonds. The first-order valence-corrected chi connectivity index (χ1v) is 10.1. The lowest BCUT2D eigenvalue weighted by Gasteiger charge is -2.26. The summed E-state index contributed by atoms with van der Waals surface area (Å²) in [5.74, 6) is -2.66.